The maximum atomic E-state index is 13.4. The third-order valence-corrected chi connectivity index (χ3v) is 7.16. The van der Waals surface area contributed by atoms with Crippen molar-refractivity contribution >= 4 is 17.5 Å². The van der Waals surface area contributed by atoms with Crippen LogP contribution in [0.25, 0.3) is 11.3 Å². The van der Waals surface area contributed by atoms with Crippen LogP contribution in [-0.2, 0) is 10.2 Å². The molecule has 0 atom stereocenters. The van der Waals surface area contributed by atoms with Crippen LogP contribution in [0.1, 0.15) is 47.6 Å². The summed E-state index contributed by atoms with van der Waals surface area (Å²) in [5.74, 6) is -0.425. The van der Waals surface area contributed by atoms with E-state index in [1.165, 1.54) is 4.68 Å². The second kappa shape index (κ2) is 11.2. The predicted molar refractivity (Wildman–Crippen MR) is 138 cm³/mol. The van der Waals surface area contributed by atoms with Crippen LogP contribution in [0.2, 0.25) is 5.02 Å². The van der Waals surface area contributed by atoms with Gasteiger partial charge in [-0.25, -0.2) is 4.68 Å². The molecule has 8 heteroatoms. The molecule has 3 aromatic rings. The molecule has 0 unspecified atom stereocenters. The molecule has 3 N–H and O–H groups in total. The van der Waals surface area contributed by atoms with Crippen LogP contribution in [0.15, 0.2) is 65.5 Å². The highest BCUT2D eigenvalue weighted by molar-refractivity contribution is 6.30. The predicted octanol–water partition coefficient (Wildman–Crippen LogP) is 3.95. The number of benzene rings is 2. The number of carbonyl (C=O) groups is 1. The number of hydrogen-bond acceptors (Lipinski definition) is 5. The van der Waals surface area contributed by atoms with Gasteiger partial charge in [0.05, 0.1) is 18.3 Å². The highest BCUT2D eigenvalue weighted by atomic mass is 35.5. The molecular weight excluding hydrogens is 464 g/mol. The SMILES string of the molecule is COCCNC(=O)c1cc(-c2ccccc2)nn(C2CCC(CN)(c3cccc(Cl)c3)CC2)c1=O. The number of carbonyl (C=O) groups excluding carboxylic acids is 1. The van der Waals surface area contributed by atoms with Gasteiger partial charge in [-0.3, -0.25) is 9.59 Å². The molecule has 1 amide bonds. The van der Waals surface area contributed by atoms with E-state index in [0.29, 0.717) is 30.4 Å². The number of amides is 1. The van der Waals surface area contributed by atoms with Crippen LogP contribution in [0.4, 0.5) is 0 Å². The Kier molecular flexibility index (Phi) is 8.00. The van der Waals surface area contributed by atoms with Crippen LogP contribution >= 0.6 is 11.6 Å². The Morgan fingerprint density at radius 2 is 1.91 bits per heavy atom. The highest BCUT2D eigenvalue weighted by Crippen LogP contribution is 2.42. The van der Waals surface area contributed by atoms with Crippen molar-refractivity contribution in [3.63, 3.8) is 0 Å². The van der Waals surface area contributed by atoms with E-state index in [2.05, 4.69) is 11.4 Å². The molecule has 0 saturated heterocycles. The lowest BCUT2D eigenvalue weighted by Gasteiger charge is -2.40. The fourth-order valence-corrected chi connectivity index (χ4v) is 5.05. The first-order valence-corrected chi connectivity index (χ1v) is 12.3. The maximum Gasteiger partial charge on any atom is 0.279 e. The van der Waals surface area contributed by atoms with Gasteiger partial charge in [-0.2, -0.15) is 5.10 Å². The fraction of sp³-hybridized carbons (Fsp3) is 0.370. The average Bonchev–Trinajstić information content (AvgIpc) is 2.89. The molecule has 1 aromatic heterocycles. The lowest BCUT2D eigenvalue weighted by molar-refractivity contribution is 0.0933. The Balaban J connectivity index is 1.67. The van der Waals surface area contributed by atoms with E-state index in [0.717, 1.165) is 36.8 Å². The van der Waals surface area contributed by atoms with Gasteiger partial charge in [0.25, 0.3) is 11.5 Å². The summed E-state index contributed by atoms with van der Waals surface area (Å²) in [6, 6.07) is 18.9. The third-order valence-electron chi connectivity index (χ3n) is 6.93. The number of aromatic nitrogens is 2. The smallest absolute Gasteiger partial charge is 0.279 e. The number of nitrogens with one attached hydrogen (secondary N) is 1. The van der Waals surface area contributed by atoms with Gasteiger partial charge in [0, 0.05) is 36.2 Å². The van der Waals surface area contributed by atoms with Gasteiger partial charge < -0.3 is 15.8 Å². The molecule has 1 saturated carbocycles. The Hall–Kier alpha value is -3.00. The topological polar surface area (TPSA) is 99.2 Å². The van der Waals surface area contributed by atoms with Crippen molar-refractivity contribution in [2.45, 2.75) is 37.1 Å². The summed E-state index contributed by atoms with van der Waals surface area (Å²) < 4.78 is 6.52. The maximum absolute atomic E-state index is 13.4. The lowest BCUT2D eigenvalue weighted by atomic mass is 9.68. The van der Waals surface area contributed by atoms with Gasteiger partial charge in [0.15, 0.2) is 0 Å². The highest BCUT2D eigenvalue weighted by Gasteiger charge is 2.37. The Bertz CT molecular complexity index is 1220. The lowest BCUT2D eigenvalue weighted by Crippen LogP contribution is -2.42. The van der Waals surface area contributed by atoms with Crippen LogP contribution in [0.5, 0.6) is 0 Å². The van der Waals surface area contributed by atoms with Gasteiger partial charge in [-0.15, -0.1) is 0 Å². The van der Waals surface area contributed by atoms with Gasteiger partial charge in [0.1, 0.15) is 5.56 Å². The molecule has 0 bridgehead atoms. The van der Waals surface area contributed by atoms with Crippen LogP contribution in [0, 0.1) is 0 Å². The van der Waals surface area contributed by atoms with Gasteiger partial charge in [-0.05, 0) is 49.4 Å². The molecule has 4 rings (SSSR count). The minimum Gasteiger partial charge on any atom is -0.383 e. The van der Waals surface area contributed by atoms with Gasteiger partial charge >= 0.3 is 0 Å². The minimum atomic E-state index is -0.425. The molecule has 0 spiro atoms. The summed E-state index contributed by atoms with van der Waals surface area (Å²) in [5, 5.41) is 8.17. The number of nitrogens with two attached hydrogens (primary N) is 1. The quantitative estimate of drug-likeness (QED) is 0.462. The summed E-state index contributed by atoms with van der Waals surface area (Å²) in [7, 11) is 1.56. The molecule has 1 aliphatic rings. The van der Waals surface area contributed by atoms with Gasteiger partial charge in [-0.1, -0.05) is 54.1 Å². The Labute approximate surface area is 210 Å². The van der Waals surface area contributed by atoms with Crippen molar-refractivity contribution < 1.29 is 9.53 Å². The Morgan fingerprint density at radius 1 is 1.17 bits per heavy atom. The molecule has 7 nitrogen and oxygen atoms in total. The minimum absolute atomic E-state index is 0.0838. The summed E-state index contributed by atoms with van der Waals surface area (Å²) in [4.78, 5) is 26.3. The largest absolute Gasteiger partial charge is 0.383 e. The molecule has 1 aliphatic carbocycles. The second-order valence-electron chi connectivity index (χ2n) is 9.03. The van der Waals surface area contributed by atoms with E-state index in [1.54, 1.807) is 13.2 Å². The summed E-state index contributed by atoms with van der Waals surface area (Å²) in [6.07, 6.45) is 3.04. The van der Waals surface area contributed by atoms with Crippen molar-refractivity contribution in [3.8, 4) is 11.3 Å². The fourth-order valence-electron chi connectivity index (χ4n) is 4.86. The molecule has 0 aliphatic heterocycles. The monoisotopic (exact) mass is 494 g/mol. The zero-order valence-electron chi connectivity index (χ0n) is 19.9. The summed E-state index contributed by atoms with van der Waals surface area (Å²) in [6.45, 7) is 1.18. The molecule has 1 fully saturated rings. The standard InChI is InChI=1S/C27H31ClN4O3/c1-35-15-14-30-25(33)23-17-24(19-6-3-2-4-7-19)31-32(26(23)34)22-10-12-27(18-29,13-11-22)20-8-5-9-21(28)16-20/h2-9,16-17,22H,10-15,18,29H2,1H3,(H,30,33). The number of ether oxygens (including phenoxy) is 1. The molecule has 0 radical (unpaired) electrons. The van der Waals surface area contributed by atoms with Crippen molar-refractivity contribution in [2.75, 3.05) is 26.8 Å². The molecule has 35 heavy (non-hydrogen) atoms. The third kappa shape index (κ3) is 5.48. The molecule has 1 heterocycles. The van der Waals surface area contributed by atoms with Crippen molar-refractivity contribution in [2.24, 2.45) is 5.73 Å². The number of rotatable bonds is 8. The Morgan fingerprint density at radius 3 is 2.57 bits per heavy atom. The van der Waals surface area contributed by atoms with E-state index in [1.807, 2.05) is 48.5 Å². The van der Waals surface area contributed by atoms with E-state index >= 15 is 0 Å². The number of halogens is 1. The first-order valence-electron chi connectivity index (χ1n) is 11.9. The number of methoxy groups -OCH3 is 1. The average molecular weight is 495 g/mol. The zero-order valence-corrected chi connectivity index (χ0v) is 20.6. The first-order chi connectivity index (χ1) is 17.0. The van der Waals surface area contributed by atoms with Crippen LogP contribution in [-0.4, -0.2) is 42.5 Å². The number of nitrogens with zero attached hydrogens (tertiary/aromatic N) is 2. The zero-order chi connectivity index (χ0) is 24.8. The summed E-state index contributed by atoms with van der Waals surface area (Å²) in [5.41, 5.74) is 8.34. The molecular formula is C27H31ClN4O3. The van der Waals surface area contributed by atoms with Gasteiger partial charge in [0.2, 0.25) is 0 Å². The summed E-state index contributed by atoms with van der Waals surface area (Å²) >= 11 is 6.25. The molecule has 184 valence electrons. The molecule has 2 aromatic carbocycles. The number of hydrogen-bond donors (Lipinski definition) is 2. The van der Waals surface area contributed by atoms with E-state index in [9.17, 15) is 9.59 Å². The second-order valence-corrected chi connectivity index (χ2v) is 9.47. The van der Waals surface area contributed by atoms with Crippen molar-refractivity contribution in [3.05, 3.63) is 87.2 Å². The van der Waals surface area contributed by atoms with Crippen molar-refractivity contribution in [1.29, 1.82) is 0 Å². The van der Waals surface area contributed by atoms with E-state index in [4.69, 9.17) is 27.2 Å². The normalized spacial score (nSPS) is 19.9. The first kappa shape index (κ1) is 25.1. The van der Waals surface area contributed by atoms with E-state index in [-0.39, 0.29) is 22.6 Å². The van der Waals surface area contributed by atoms with Crippen molar-refractivity contribution in [1.82, 2.24) is 15.1 Å². The van der Waals surface area contributed by atoms with Crippen LogP contribution < -0.4 is 16.6 Å². The van der Waals surface area contributed by atoms with E-state index < -0.39 is 5.91 Å². The van der Waals surface area contributed by atoms with Crippen LogP contribution in [0.3, 0.4) is 0 Å².